The van der Waals surface area contributed by atoms with E-state index in [2.05, 4.69) is 53.1 Å². The number of aromatic nitrogens is 2. The molecule has 2 heterocycles. The molecule has 1 aromatic carbocycles. The predicted octanol–water partition coefficient (Wildman–Crippen LogP) is 1.93. The summed E-state index contributed by atoms with van der Waals surface area (Å²) in [6.45, 7) is 6.55. The van der Waals surface area contributed by atoms with E-state index in [1.165, 1.54) is 11.3 Å². The van der Waals surface area contributed by atoms with E-state index in [9.17, 15) is 0 Å². The Morgan fingerprint density at radius 2 is 1.58 bits per heavy atom. The van der Waals surface area contributed by atoms with E-state index >= 15 is 0 Å². The van der Waals surface area contributed by atoms with Crippen molar-refractivity contribution in [2.75, 3.05) is 38.1 Å². The Bertz CT molecular complexity index is 536. The van der Waals surface area contributed by atoms with Crippen LogP contribution in [0.3, 0.4) is 0 Å². The number of aryl methyl sites for hydroxylation is 1. The standard InChI is InChI=1S/C15H20N4/c1-13-11-16-19(12-13)15-5-3-14(4-6-15)18-9-7-17(2)8-10-18/h3-6,11-12H,7-10H2,1-2H3. The van der Waals surface area contributed by atoms with Gasteiger partial charge in [0.15, 0.2) is 0 Å². The number of hydrogen-bond acceptors (Lipinski definition) is 3. The van der Waals surface area contributed by atoms with E-state index < -0.39 is 0 Å². The average molecular weight is 256 g/mol. The van der Waals surface area contributed by atoms with E-state index in [1.807, 2.05) is 17.1 Å². The van der Waals surface area contributed by atoms with E-state index in [1.54, 1.807) is 0 Å². The number of rotatable bonds is 2. The van der Waals surface area contributed by atoms with Gasteiger partial charge in [0, 0.05) is 38.1 Å². The highest BCUT2D eigenvalue weighted by molar-refractivity contribution is 5.51. The molecule has 0 amide bonds. The Labute approximate surface area is 114 Å². The second-order valence-corrected chi connectivity index (χ2v) is 5.27. The molecule has 0 atom stereocenters. The van der Waals surface area contributed by atoms with Crippen molar-refractivity contribution in [1.29, 1.82) is 0 Å². The Hall–Kier alpha value is -1.81. The normalized spacial score (nSPS) is 16.8. The van der Waals surface area contributed by atoms with Gasteiger partial charge in [-0.1, -0.05) is 0 Å². The Balaban J connectivity index is 1.75. The van der Waals surface area contributed by atoms with Crippen LogP contribution in [0.4, 0.5) is 5.69 Å². The minimum Gasteiger partial charge on any atom is -0.369 e. The monoisotopic (exact) mass is 256 g/mol. The molecule has 1 saturated heterocycles. The summed E-state index contributed by atoms with van der Waals surface area (Å²) in [5.74, 6) is 0. The molecule has 0 saturated carbocycles. The van der Waals surface area contributed by atoms with Gasteiger partial charge >= 0.3 is 0 Å². The van der Waals surface area contributed by atoms with Gasteiger partial charge in [0.2, 0.25) is 0 Å². The molecule has 0 unspecified atom stereocenters. The number of anilines is 1. The van der Waals surface area contributed by atoms with Crippen LogP contribution in [0.15, 0.2) is 36.7 Å². The van der Waals surface area contributed by atoms with Gasteiger partial charge in [0.05, 0.1) is 11.9 Å². The molecule has 1 fully saturated rings. The lowest BCUT2D eigenvalue weighted by Crippen LogP contribution is -2.44. The highest BCUT2D eigenvalue weighted by Gasteiger charge is 2.13. The van der Waals surface area contributed by atoms with E-state index in [0.29, 0.717) is 0 Å². The predicted molar refractivity (Wildman–Crippen MR) is 78.0 cm³/mol. The molecule has 0 bridgehead atoms. The second-order valence-electron chi connectivity index (χ2n) is 5.27. The Morgan fingerprint density at radius 3 is 2.16 bits per heavy atom. The molecular weight excluding hydrogens is 236 g/mol. The fraction of sp³-hybridized carbons (Fsp3) is 0.400. The first-order valence-corrected chi connectivity index (χ1v) is 6.77. The highest BCUT2D eigenvalue weighted by Crippen LogP contribution is 2.18. The Kier molecular flexibility index (Phi) is 3.25. The fourth-order valence-corrected chi connectivity index (χ4v) is 2.43. The first-order chi connectivity index (χ1) is 9.22. The third-order valence-electron chi connectivity index (χ3n) is 3.69. The van der Waals surface area contributed by atoms with Gasteiger partial charge < -0.3 is 9.80 Å². The largest absolute Gasteiger partial charge is 0.369 e. The van der Waals surface area contributed by atoms with Crippen LogP contribution in [0.1, 0.15) is 5.56 Å². The maximum atomic E-state index is 4.33. The summed E-state index contributed by atoms with van der Waals surface area (Å²) in [5.41, 5.74) is 3.61. The smallest absolute Gasteiger partial charge is 0.0647 e. The zero-order valence-corrected chi connectivity index (χ0v) is 11.6. The van der Waals surface area contributed by atoms with Crippen LogP contribution in [0, 0.1) is 6.92 Å². The van der Waals surface area contributed by atoms with Crippen LogP contribution >= 0.6 is 0 Å². The lowest BCUT2D eigenvalue weighted by atomic mass is 10.2. The number of nitrogens with zero attached hydrogens (tertiary/aromatic N) is 4. The van der Waals surface area contributed by atoms with Gasteiger partial charge in [0.1, 0.15) is 0 Å². The number of likely N-dealkylation sites (N-methyl/N-ethyl adjacent to an activating group) is 1. The minimum absolute atomic E-state index is 1.11. The van der Waals surface area contributed by atoms with Gasteiger partial charge in [-0.25, -0.2) is 4.68 Å². The highest BCUT2D eigenvalue weighted by atomic mass is 15.3. The fourth-order valence-electron chi connectivity index (χ4n) is 2.43. The zero-order chi connectivity index (χ0) is 13.2. The molecule has 4 nitrogen and oxygen atoms in total. The third kappa shape index (κ3) is 2.63. The molecule has 0 N–H and O–H groups in total. The van der Waals surface area contributed by atoms with Crippen LogP contribution in [0.2, 0.25) is 0 Å². The molecule has 0 radical (unpaired) electrons. The maximum Gasteiger partial charge on any atom is 0.0647 e. The zero-order valence-electron chi connectivity index (χ0n) is 11.6. The van der Waals surface area contributed by atoms with Crippen molar-refractivity contribution in [1.82, 2.24) is 14.7 Å². The van der Waals surface area contributed by atoms with Crippen LogP contribution in [-0.2, 0) is 0 Å². The number of piperazine rings is 1. The molecule has 19 heavy (non-hydrogen) atoms. The van der Waals surface area contributed by atoms with Crippen molar-refractivity contribution >= 4 is 5.69 Å². The molecule has 0 spiro atoms. The second kappa shape index (κ2) is 5.05. The molecule has 100 valence electrons. The topological polar surface area (TPSA) is 24.3 Å². The summed E-state index contributed by atoms with van der Waals surface area (Å²) in [6, 6.07) is 8.66. The van der Waals surface area contributed by atoms with Gasteiger partial charge in [0.25, 0.3) is 0 Å². The first kappa shape index (κ1) is 12.2. The average Bonchev–Trinajstić information content (AvgIpc) is 2.87. The summed E-state index contributed by atoms with van der Waals surface area (Å²) in [4.78, 5) is 4.81. The summed E-state index contributed by atoms with van der Waals surface area (Å²) in [6.07, 6.45) is 3.93. The Morgan fingerprint density at radius 1 is 0.947 bits per heavy atom. The third-order valence-corrected chi connectivity index (χ3v) is 3.69. The van der Waals surface area contributed by atoms with Crippen LogP contribution in [0.25, 0.3) is 5.69 Å². The summed E-state index contributed by atoms with van der Waals surface area (Å²) in [5, 5.41) is 4.33. The molecule has 1 aromatic heterocycles. The first-order valence-electron chi connectivity index (χ1n) is 6.77. The summed E-state index contributed by atoms with van der Waals surface area (Å²) >= 11 is 0. The van der Waals surface area contributed by atoms with Crippen LogP contribution in [0.5, 0.6) is 0 Å². The van der Waals surface area contributed by atoms with Gasteiger partial charge in [-0.05, 0) is 43.8 Å². The molecule has 0 aliphatic carbocycles. The SMILES string of the molecule is Cc1cnn(-c2ccc(N3CCN(C)CC3)cc2)c1. The summed E-state index contributed by atoms with van der Waals surface area (Å²) < 4.78 is 1.92. The lowest BCUT2D eigenvalue weighted by molar-refractivity contribution is 0.313. The van der Waals surface area contributed by atoms with Crippen molar-refractivity contribution < 1.29 is 0 Å². The van der Waals surface area contributed by atoms with Crippen LogP contribution < -0.4 is 4.90 Å². The lowest BCUT2D eigenvalue weighted by Gasteiger charge is -2.34. The molecule has 1 aliphatic heterocycles. The van der Waals surface area contributed by atoms with Gasteiger partial charge in [-0.15, -0.1) is 0 Å². The molecule has 1 aliphatic rings. The molecule has 3 rings (SSSR count). The van der Waals surface area contributed by atoms with E-state index in [-0.39, 0.29) is 0 Å². The molecular formula is C15H20N4. The van der Waals surface area contributed by atoms with Crippen LogP contribution in [-0.4, -0.2) is 47.9 Å². The maximum absolute atomic E-state index is 4.33. The quantitative estimate of drug-likeness (QED) is 0.820. The van der Waals surface area contributed by atoms with Crippen molar-refractivity contribution in [3.05, 3.63) is 42.2 Å². The minimum atomic E-state index is 1.11. The van der Waals surface area contributed by atoms with Crippen molar-refractivity contribution in [2.45, 2.75) is 6.92 Å². The van der Waals surface area contributed by atoms with Gasteiger partial charge in [-0.3, -0.25) is 0 Å². The molecule has 4 heteroatoms. The number of hydrogen-bond donors (Lipinski definition) is 0. The van der Waals surface area contributed by atoms with E-state index in [0.717, 1.165) is 31.9 Å². The van der Waals surface area contributed by atoms with Crippen molar-refractivity contribution in [3.63, 3.8) is 0 Å². The van der Waals surface area contributed by atoms with Gasteiger partial charge in [-0.2, -0.15) is 5.10 Å². The molecule has 2 aromatic rings. The van der Waals surface area contributed by atoms with E-state index in [4.69, 9.17) is 0 Å². The van der Waals surface area contributed by atoms with Crippen molar-refractivity contribution in [3.8, 4) is 5.69 Å². The van der Waals surface area contributed by atoms with Crippen molar-refractivity contribution in [2.24, 2.45) is 0 Å². The number of benzene rings is 1. The summed E-state index contributed by atoms with van der Waals surface area (Å²) in [7, 11) is 2.18.